The predicted octanol–water partition coefficient (Wildman–Crippen LogP) is 1.07. The number of ether oxygens (including phenoxy) is 2. The van der Waals surface area contributed by atoms with Crippen molar-refractivity contribution in [3.63, 3.8) is 0 Å². The number of aryl methyl sites for hydroxylation is 1. The fourth-order valence-corrected chi connectivity index (χ4v) is 3.27. The van der Waals surface area contributed by atoms with E-state index in [-0.39, 0.29) is 10.9 Å². The van der Waals surface area contributed by atoms with Gasteiger partial charge in [-0.05, 0) is 37.1 Å². The molecule has 1 aromatic carbocycles. The van der Waals surface area contributed by atoms with Crippen LogP contribution in [0.25, 0.3) is 0 Å². The fourth-order valence-electron chi connectivity index (χ4n) is 1.93. The van der Waals surface area contributed by atoms with Crippen molar-refractivity contribution in [1.29, 1.82) is 0 Å². The molecule has 1 unspecified atom stereocenters. The summed E-state index contributed by atoms with van der Waals surface area (Å²) in [6.45, 7) is 2.86. The second kappa shape index (κ2) is 5.26. The Bertz CT molecular complexity index is 521. The summed E-state index contributed by atoms with van der Waals surface area (Å²) in [5, 5.41) is 0. The molecule has 1 heterocycles. The number of rotatable bonds is 4. The summed E-state index contributed by atoms with van der Waals surface area (Å²) < 4.78 is 37.2. The molecule has 0 bridgehead atoms. The molecule has 5 nitrogen and oxygen atoms in total. The van der Waals surface area contributed by atoms with E-state index in [1.54, 1.807) is 25.3 Å². The first-order valence-corrected chi connectivity index (χ1v) is 7.26. The van der Waals surface area contributed by atoms with Crippen molar-refractivity contribution in [2.75, 3.05) is 20.3 Å². The van der Waals surface area contributed by atoms with E-state index in [4.69, 9.17) is 9.47 Å². The monoisotopic (exact) mass is 271 g/mol. The fraction of sp³-hybridized carbons (Fsp3) is 0.500. The Balaban J connectivity index is 2.21. The van der Waals surface area contributed by atoms with Gasteiger partial charge >= 0.3 is 0 Å². The van der Waals surface area contributed by atoms with E-state index in [2.05, 4.69) is 4.72 Å². The molecular formula is C12H17NO4S. The Morgan fingerprint density at radius 1 is 1.44 bits per heavy atom. The zero-order chi connectivity index (χ0) is 13.2. The van der Waals surface area contributed by atoms with Gasteiger partial charge in [-0.3, -0.25) is 0 Å². The molecule has 0 saturated carbocycles. The van der Waals surface area contributed by atoms with Gasteiger partial charge in [-0.2, -0.15) is 0 Å². The zero-order valence-corrected chi connectivity index (χ0v) is 11.3. The van der Waals surface area contributed by atoms with Crippen LogP contribution in [-0.4, -0.2) is 34.8 Å². The molecule has 100 valence electrons. The molecule has 6 heteroatoms. The summed E-state index contributed by atoms with van der Waals surface area (Å²) in [6, 6.07) is 4.69. The number of methoxy groups -OCH3 is 1. The van der Waals surface area contributed by atoms with Crippen molar-refractivity contribution in [1.82, 2.24) is 4.72 Å². The van der Waals surface area contributed by atoms with Crippen LogP contribution in [0.1, 0.15) is 12.0 Å². The second-order valence-corrected chi connectivity index (χ2v) is 6.03. The van der Waals surface area contributed by atoms with Gasteiger partial charge in [0.25, 0.3) is 0 Å². The van der Waals surface area contributed by atoms with Gasteiger partial charge in [-0.25, -0.2) is 13.1 Å². The van der Waals surface area contributed by atoms with E-state index in [1.165, 1.54) is 0 Å². The van der Waals surface area contributed by atoms with Crippen LogP contribution in [0.15, 0.2) is 23.1 Å². The lowest BCUT2D eigenvalue weighted by Crippen LogP contribution is -2.35. The Labute approximate surface area is 107 Å². The maximum atomic E-state index is 12.1. The van der Waals surface area contributed by atoms with E-state index in [0.717, 1.165) is 5.56 Å². The van der Waals surface area contributed by atoms with Gasteiger partial charge < -0.3 is 9.47 Å². The van der Waals surface area contributed by atoms with E-state index in [0.29, 0.717) is 25.4 Å². The molecular weight excluding hydrogens is 254 g/mol. The van der Waals surface area contributed by atoms with Crippen LogP contribution in [0, 0.1) is 6.92 Å². The van der Waals surface area contributed by atoms with Crippen LogP contribution >= 0.6 is 0 Å². The average Bonchev–Trinajstić information content (AvgIpc) is 2.81. The molecule has 0 spiro atoms. The number of hydrogen-bond acceptors (Lipinski definition) is 4. The highest BCUT2D eigenvalue weighted by molar-refractivity contribution is 7.89. The molecule has 0 amide bonds. The maximum Gasteiger partial charge on any atom is 0.240 e. The molecule has 1 N–H and O–H groups in total. The highest BCUT2D eigenvalue weighted by atomic mass is 32.2. The number of benzene rings is 1. The summed E-state index contributed by atoms with van der Waals surface area (Å²) in [7, 11) is -1.92. The first-order valence-electron chi connectivity index (χ1n) is 5.77. The third kappa shape index (κ3) is 2.82. The van der Waals surface area contributed by atoms with Gasteiger partial charge in [-0.15, -0.1) is 0 Å². The van der Waals surface area contributed by atoms with Gasteiger partial charge in [0, 0.05) is 12.6 Å². The first-order chi connectivity index (χ1) is 8.53. The lowest BCUT2D eigenvalue weighted by atomic mass is 10.2. The van der Waals surface area contributed by atoms with Gasteiger partial charge in [0.05, 0.1) is 18.6 Å². The van der Waals surface area contributed by atoms with Gasteiger partial charge in [0.1, 0.15) is 5.75 Å². The number of hydrogen-bond donors (Lipinski definition) is 1. The van der Waals surface area contributed by atoms with Crippen molar-refractivity contribution in [2.24, 2.45) is 0 Å². The molecule has 1 saturated heterocycles. The molecule has 1 fully saturated rings. The van der Waals surface area contributed by atoms with Crippen LogP contribution < -0.4 is 9.46 Å². The van der Waals surface area contributed by atoms with Crippen LogP contribution in [0.5, 0.6) is 5.75 Å². The SMILES string of the molecule is COc1ccc(S(=O)(=O)NC2CCOC2)cc1C. The maximum absolute atomic E-state index is 12.1. The highest BCUT2D eigenvalue weighted by Crippen LogP contribution is 2.21. The van der Waals surface area contributed by atoms with E-state index >= 15 is 0 Å². The van der Waals surface area contributed by atoms with Gasteiger partial charge in [0.2, 0.25) is 10.0 Å². The van der Waals surface area contributed by atoms with Crippen molar-refractivity contribution in [3.8, 4) is 5.75 Å². The molecule has 1 atom stereocenters. The summed E-state index contributed by atoms with van der Waals surface area (Å²) in [4.78, 5) is 0.257. The smallest absolute Gasteiger partial charge is 0.240 e. The quantitative estimate of drug-likeness (QED) is 0.889. The summed E-state index contributed by atoms with van der Waals surface area (Å²) in [5.74, 6) is 0.679. The Morgan fingerprint density at radius 3 is 2.78 bits per heavy atom. The first kappa shape index (κ1) is 13.3. The van der Waals surface area contributed by atoms with Crippen LogP contribution in [0.2, 0.25) is 0 Å². The van der Waals surface area contributed by atoms with Crippen molar-refractivity contribution < 1.29 is 17.9 Å². The zero-order valence-electron chi connectivity index (χ0n) is 10.5. The molecule has 0 radical (unpaired) electrons. The van der Waals surface area contributed by atoms with Gasteiger partial charge in [-0.1, -0.05) is 0 Å². The number of sulfonamides is 1. The van der Waals surface area contributed by atoms with E-state index in [9.17, 15) is 8.42 Å². The summed E-state index contributed by atoms with van der Waals surface area (Å²) >= 11 is 0. The third-order valence-corrected chi connectivity index (χ3v) is 4.45. The lowest BCUT2D eigenvalue weighted by molar-refractivity contribution is 0.192. The largest absolute Gasteiger partial charge is 0.496 e. The predicted molar refractivity (Wildman–Crippen MR) is 67.3 cm³/mol. The van der Waals surface area contributed by atoms with Crippen molar-refractivity contribution in [3.05, 3.63) is 23.8 Å². The van der Waals surface area contributed by atoms with Crippen LogP contribution in [0.3, 0.4) is 0 Å². The standard InChI is InChI=1S/C12H17NO4S/c1-9-7-11(3-4-12(9)16-2)18(14,15)13-10-5-6-17-8-10/h3-4,7,10,13H,5-6,8H2,1-2H3. The minimum Gasteiger partial charge on any atom is -0.496 e. The van der Waals surface area contributed by atoms with Crippen LogP contribution in [-0.2, 0) is 14.8 Å². The molecule has 18 heavy (non-hydrogen) atoms. The van der Waals surface area contributed by atoms with E-state index in [1.807, 2.05) is 6.92 Å². The minimum atomic E-state index is -3.48. The lowest BCUT2D eigenvalue weighted by Gasteiger charge is -2.12. The van der Waals surface area contributed by atoms with Crippen molar-refractivity contribution in [2.45, 2.75) is 24.3 Å². The van der Waals surface area contributed by atoms with Gasteiger partial charge in [0.15, 0.2) is 0 Å². The normalized spacial score (nSPS) is 20.0. The summed E-state index contributed by atoms with van der Waals surface area (Å²) in [6.07, 6.45) is 0.717. The second-order valence-electron chi connectivity index (χ2n) is 4.31. The molecule has 1 aliphatic rings. The van der Waals surface area contributed by atoms with E-state index < -0.39 is 10.0 Å². The number of nitrogens with one attached hydrogen (secondary N) is 1. The Hall–Kier alpha value is -1.11. The third-order valence-electron chi connectivity index (χ3n) is 2.93. The molecule has 1 aromatic rings. The van der Waals surface area contributed by atoms with Crippen LogP contribution in [0.4, 0.5) is 0 Å². The summed E-state index contributed by atoms with van der Waals surface area (Å²) in [5.41, 5.74) is 0.794. The highest BCUT2D eigenvalue weighted by Gasteiger charge is 2.23. The molecule has 0 aromatic heterocycles. The topological polar surface area (TPSA) is 64.6 Å². The van der Waals surface area contributed by atoms with Crippen molar-refractivity contribution >= 4 is 10.0 Å². The minimum absolute atomic E-state index is 0.127. The Morgan fingerprint density at radius 2 is 2.22 bits per heavy atom. The molecule has 0 aliphatic carbocycles. The average molecular weight is 271 g/mol. The molecule has 2 rings (SSSR count). The molecule has 1 aliphatic heterocycles. The Kier molecular flexibility index (Phi) is 3.89.